The fourth-order valence-electron chi connectivity index (χ4n) is 4.65. The second-order valence-corrected chi connectivity index (χ2v) is 10.6. The minimum atomic E-state index is -0.908. The Labute approximate surface area is 230 Å². The summed E-state index contributed by atoms with van der Waals surface area (Å²) in [7, 11) is 0. The van der Waals surface area contributed by atoms with E-state index < -0.39 is 36.0 Å². The molecule has 1 aliphatic heterocycles. The fourth-order valence-corrected chi connectivity index (χ4v) is 4.65. The van der Waals surface area contributed by atoms with Gasteiger partial charge in [0.05, 0.1) is 32.5 Å². The standard InChI is InChI=1S/C32H37NO6/c1-32(2,3)39-31(35)33-27(19-34)29(37-21-25-15-9-5-10-16-25)30(38-22-26-17-11-6-12-18-26)28(33)23-36-20-24-13-7-4-8-14-24/h4-19,27-30H,20-23H2,1-3H3/t27-,28-,29-,30-/m1/s1. The lowest BCUT2D eigenvalue weighted by molar-refractivity contribution is -0.119. The number of carbonyl (C=O) groups excluding carboxylic acids is 2. The summed E-state index contributed by atoms with van der Waals surface area (Å²) < 4.78 is 24.6. The van der Waals surface area contributed by atoms with E-state index >= 15 is 0 Å². The maximum absolute atomic E-state index is 13.5. The third-order valence-electron chi connectivity index (χ3n) is 6.43. The van der Waals surface area contributed by atoms with Crippen LogP contribution in [0.3, 0.4) is 0 Å². The Morgan fingerprint density at radius 1 is 0.744 bits per heavy atom. The average Bonchev–Trinajstić information content (AvgIpc) is 3.23. The van der Waals surface area contributed by atoms with Crippen LogP contribution in [0.1, 0.15) is 37.5 Å². The SMILES string of the molecule is CC(C)(C)OC(=O)N1[C@H](C=O)[C@@H](OCc2ccccc2)[C@H](OCc2ccccc2)[C@H]1COCc1ccccc1. The van der Waals surface area contributed by atoms with E-state index in [-0.39, 0.29) is 13.2 Å². The van der Waals surface area contributed by atoms with Crippen LogP contribution in [0.15, 0.2) is 91.0 Å². The third kappa shape index (κ3) is 7.99. The van der Waals surface area contributed by atoms with Crippen molar-refractivity contribution in [3.63, 3.8) is 0 Å². The van der Waals surface area contributed by atoms with Gasteiger partial charge in [-0.3, -0.25) is 4.90 Å². The first-order valence-electron chi connectivity index (χ1n) is 13.2. The van der Waals surface area contributed by atoms with Gasteiger partial charge in [0.25, 0.3) is 0 Å². The summed E-state index contributed by atoms with van der Waals surface area (Å²) in [5.74, 6) is 0. The fraction of sp³-hybridized carbons (Fsp3) is 0.375. The van der Waals surface area contributed by atoms with Crippen LogP contribution in [-0.2, 0) is 43.6 Å². The van der Waals surface area contributed by atoms with Crippen molar-refractivity contribution in [1.82, 2.24) is 4.90 Å². The highest BCUT2D eigenvalue weighted by atomic mass is 16.6. The summed E-state index contributed by atoms with van der Waals surface area (Å²) in [6.07, 6.45) is -1.21. The molecular formula is C32H37NO6. The summed E-state index contributed by atoms with van der Waals surface area (Å²) >= 11 is 0. The predicted molar refractivity (Wildman–Crippen MR) is 148 cm³/mol. The van der Waals surface area contributed by atoms with Crippen LogP contribution in [0, 0.1) is 0 Å². The molecule has 39 heavy (non-hydrogen) atoms. The van der Waals surface area contributed by atoms with Gasteiger partial charge in [-0.2, -0.15) is 0 Å². The first-order chi connectivity index (χ1) is 18.9. The largest absolute Gasteiger partial charge is 0.444 e. The number of nitrogens with zero attached hydrogens (tertiary/aromatic N) is 1. The maximum Gasteiger partial charge on any atom is 0.411 e. The van der Waals surface area contributed by atoms with Crippen molar-refractivity contribution in [2.45, 2.75) is 70.5 Å². The first kappa shape index (κ1) is 28.5. The number of benzene rings is 3. The number of aldehydes is 1. The zero-order chi connectivity index (χ0) is 27.7. The lowest BCUT2D eigenvalue weighted by Gasteiger charge is -2.31. The molecule has 3 aromatic rings. The van der Waals surface area contributed by atoms with Crippen LogP contribution >= 0.6 is 0 Å². The monoisotopic (exact) mass is 531 g/mol. The molecule has 1 saturated heterocycles. The summed E-state index contributed by atoms with van der Waals surface area (Å²) in [6, 6.07) is 27.8. The van der Waals surface area contributed by atoms with Crippen molar-refractivity contribution >= 4 is 12.4 Å². The summed E-state index contributed by atoms with van der Waals surface area (Å²) in [5.41, 5.74) is 2.19. The lowest BCUT2D eigenvalue weighted by atomic mass is 10.1. The predicted octanol–water partition coefficient (Wildman–Crippen LogP) is 5.56. The van der Waals surface area contributed by atoms with Gasteiger partial charge in [0.2, 0.25) is 0 Å². The van der Waals surface area contributed by atoms with Crippen LogP contribution in [0.25, 0.3) is 0 Å². The molecule has 1 aliphatic rings. The molecule has 3 aromatic carbocycles. The van der Waals surface area contributed by atoms with Gasteiger partial charge in [-0.05, 0) is 37.5 Å². The minimum Gasteiger partial charge on any atom is -0.444 e. The second kappa shape index (κ2) is 13.5. The Balaban J connectivity index is 1.62. The van der Waals surface area contributed by atoms with Crippen molar-refractivity contribution in [3.05, 3.63) is 108 Å². The Morgan fingerprint density at radius 3 is 1.67 bits per heavy atom. The molecule has 0 aliphatic carbocycles. The summed E-state index contributed by atoms with van der Waals surface area (Å²) in [4.78, 5) is 27.5. The molecule has 7 heteroatoms. The molecule has 0 spiro atoms. The van der Waals surface area contributed by atoms with Gasteiger partial charge in [-0.15, -0.1) is 0 Å². The number of rotatable bonds is 11. The highest BCUT2D eigenvalue weighted by Crippen LogP contribution is 2.33. The molecule has 1 amide bonds. The number of likely N-dealkylation sites (tertiary alicyclic amines) is 1. The van der Waals surface area contributed by atoms with Crippen molar-refractivity contribution in [2.75, 3.05) is 6.61 Å². The molecule has 0 N–H and O–H groups in total. The molecule has 0 saturated carbocycles. The Hall–Kier alpha value is -3.52. The lowest BCUT2D eigenvalue weighted by Crippen LogP contribution is -2.49. The summed E-state index contributed by atoms with van der Waals surface area (Å²) in [5, 5.41) is 0. The molecule has 7 nitrogen and oxygen atoms in total. The van der Waals surface area contributed by atoms with E-state index in [0.717, 1.165) is 23.0 Å². The van der Waals surface area contributed by atoms with Gasteiger partial charge in [-0.25, -0.2) is 4.79 Å². The topological polar surface area (TPSA) is 74.3 Å². The van der Waals surface area contributed by atoms with E-state index in [2.05, 4.69) is 0 Å². The van der Waals surface area contributed by atoms with Gasteiger partial charge in [0.1, 0.15) is 30.1 Å². The number of amides is 1. The normalized spacial score (nSPS) is 21.1. The number of carbonyl (C=O) groups is 2. The van der Waals surface area contributed by atoms with Gasteiger partial charge in [-0.1, -0.05) is 91.0 Å². The van der Waals surface area contributed by atoms with E-state index in [1.807, 2.05) is 91.0 Å². The summed E-state index contributed by atoms with van der Waals surface area (Å²) in [6.45, 7) is 6.44. The van der Waals surface area contributed by atoms with Crippen molar-refractivity contribution < 1.29 is 28.5 Å². The van der Waals surface area contributed by atoms with Crippen molar-refractivity contribution in [1.29, 1.82) is 0 Å². The molecule has 0 aromatic heterocycles. The Kier molecular flexibility index (Phi) is 9.87. The zero-order valence-electron chi connectivity index (χ0n) is 22.8. The van der Waals surface area contributed by atoms with Crippen LogP contribution in [0.2, 0.25) is 0 Å². The molecule has 1 fully saturated rings. The quantitative estimate of drug-likeness (QED) is 0.302. The smallest absolute Gasteiger partial charge is 0.411 e. The minimum absolute atomic E-state index is 0.142. The van der Waals surface area contributed by atoms with E-state index in [1.165, 1.54) is 4.90 Å². The first-order valence-corrected chi connectivity index (χ1v) is 13.2. The number of hydrogen-bond acceptors (Lipinski definition) is 6. The molecule has 0 radical (unpaired) electrons. The van der Waals surface area contributed by atoms with E-state index in [1.54, 1.807) is 20.8 Å². The highest BCUT2D eigenvalue weighted by molar-refractivity contribution is 5.76. The molecule has 1 heterocycles. The average molecular weight is 532 g/mol. The second-order valence-electron chi connectivity index (χ2n) is 10.6. The molecule has 0 bridgehead atoms. The van der Waals surface area contributed by atoms with Crippen molar-refractivity contribution in [2.24, 2.45) is 0 Å². The Bertz CT molecular complexity index is 1170. The maximum atomic E-state index is 13.5. The molecule has 206 valence electrons. The Morgan fingerprint density at radius 2 is 1.21 bits per heavy atom. The zero-order valence-corrected chi connectivity index (χ0v) is 22.8. The van der Waals surface area contributed by atoms with Gasteiger partial charge in [0.15, 0.2) is 0 Å². The number of hydrogen-bond donors (Lipinski definition) is 0. The molecule has 4 rings (SSSR count). The van der Waals surface area contributed by atoms with Crippen LogP contribution < -0.4 is 0 Å². The van der Waals surface area contributed by atoms with E-state index in [4.69, 9.17) is 18.9 Å². The third-order valence-corrected chi connectivity index (χ3v) is 6.43. The van der Waals surface area contributed by atoms with Crippen LogP contribution in [0.5, 0.6) is 0 Å². The van der Waals surface area contributed by atoms with Gasteiger partial charge < -0.3 is 23.7 Å². The molecular weight excluding hydrogens is 494 g/mol. The van der Waals surface area contributed by atoms with E-state index in [9.17, 15) is 9.59 Å². The molecule has 4 atom stereocenters. The van der Waals surface area contributed by atoms with Gasteiger partial charge in [0, 0.05) is 0 Å². The highest BCUT2D eigenvalue weighted by Gasteiger charge is 2.54. The molecule has 0 unspecified atom stereocenters. The van der Waals surface area contributed by atoms with Gasteiger partial charge >= 0.3 is 6.09 Å². The van der Waals surface area contributed by atoms with E-state index in [0.29, 0.717) is 13.2 Å². The van der Waals surface area contributed by atoms with Crippen LogP contribution in [0.4, 0.5) is 4.79 Å². The van der Waals surface area contributed by atoms with Crippen molar-refractivity contribution in [3.8, 4) is 0 Å². The van der Waals surface area contributed by atoms with Crippen LogP contribution in [-0.4, -0.2) is 53.8 Å². The number of ether oxygens (including phenoxy) is 4.